The van der Waals surface area contributed by atoms with Crippen molar-refractivity contribution in [3.8, 4) is 11.8 Å². The molecule has 0 saturated heterocycles. The molecule has 0 radical (unpaired) electrons. The van der Waals surface area contributed by atoms with Crippen molar-refractivity contribution in [1.29, 1.82) is 5.26 Å². The summed E-state index contributed by atoms with van der Waals surface area (Å²) in [6.45, 7) is 7.85. The van der Waals surface area contributed by atoms with Crippen LogP contribution in [0.25, 0.3) is 11.8 Å². The molecular weight excluding hydrogens is 384 g/mol. The lowest BCUT2D eigenvalue weighted by atomic mass is 10.1. The Balaban J connectivity index is 2.32. The summed E-state index contributed by atoms with van der Waals surface area (Å²) in [5, 5.41) is 9.41. The number of benzene rings is 1. The van der Waals surface area contributed by atoms with Crippen molar-refractivity contribution in [1.82, 2.24) is 4.57 Å². The van der Waals surface area contributed by atoms with Crippen molar-refractivity contribution in [2.45, 2.75) is 33.8 Å². The second kappa shape index (κ2) is 10.4. The molecule has 0 aliphatic rings. The first-order valence-corrected chi connectivity index (χ1v) is 9.60. The number of nitrogens with zero attached hydrogens (tertiary/aromatic N) is 2. The molecule has 1 aromatic carbocycles. The van der Waals surface area contributed by atoms with E-state index in [1.807, 2.05) is 42.7 Å². The Morgan fingerprint density at radius 2 is 1.90 bits per heavy atom. The second-order valence-electron chi connectivity index (χ2n) is 6.77. The van der Waals surface area contributed by atoms with Gasteiger partial charge in [0.05, 0.1) is 18.8 Å². The van der Waals surface area contributed by atoms with Crippen LogP contribution in [0.2, 0.25) is 0 Å². The highest BCUT2D eigenvalue weighted by Crippen LogP contribution is 2.23. The molecule has 30 heavy (non-hydrogen) atoms. The average molecular weight is 410 g/mol. The van der Waals surface area contributed by atoms with E-state index in [0.717, 1.165) is 22.6 Å². The quantitative estimate of drug-likeness (QED) is 0.374. The van der Waals surface area contributed by atoms with E-state index in [0.29, 0.717) is 12.2 Å². The van der Waals surface area contributed by atoms with Crippen LogP contribution >= 0.6 is 0 Å². The Morgan fingerprint density at radius 3 is 2.47 bits per heavy atom. The lowest BCUT2D eigenvalue weighted by Crippen LogP contribution is -2.20. The predicted octanol–water partition coefficient (Wildman–Crippen LogP) is 3.76. The van der Waals surface area contributed by atoms with Crippen LogP contribution in [0, 0.1) is 25.2 Å². The number of aryl methyl sites for hydroxylation is 1. The number of carbonyl (C=O) groups excluding carboxylic acids is 2. The monoisotopic (exact) mass is 410 g/mol. The Morgan fingerprint density at radius 1 is 1.23 bits per heavy atom. The molecule has 1 atom stereocenters. The fraction of sp³-hybridized carbons (Fsp3) is 0.348. The van der Waals surface area contributed by atoms with Crippen molar-refractivity contribution in [2.24, 2.45) is 0 Å². The third kappa shape index (κ3) is 5.37. The third-order valence-electron chi connectivity index (χ3n) is 4.46. The standard InChI is InChI=1S/C23H26N2O5/c1-6-29-22(26)18-7-9-21(10-8-18)25-15(2)11-19(17(25)4)12-20(13-24)23(27)30-16(3)14-28-5/h7-12,16H,6,14H2,1-5H3/b20-12+/t16-/m0/s1. The molecular formula is C23H26N2O5. The molecule has 0 saturated carbocycles. The van der Waals surface area contributed by atoms with Gasteiger partial charge in [0, 0.05) is 24.2 Å². The highest BCUT2D eigenvalue weighted by molar-refractivity contribution is 5.98. The van der Waals surface area contributed by atoms with E-state index in [4.69, 9.17) is 14.2 Å². The molecule has 0 aliphatic heterocycles. The first-order valence-electron chi connectivity index (χ1n) is 9.60. The maximum atomic E-state index is 12.3. The van der Waals surface area contributed by atoms with Crippen LogP contribution in [-0.4, -0.2) is 42.9 Å². The lowest BCUT2D eigenvalue weighted by molar-refractivity contribution is -0.145. The molecule has 7 heteroatoms. The molecule has 2 rings (SSSR count). The maximum Gasteiger partial charge on any atom is 0.349 e. The fourth-order valence-corrected chi connectivity index (χ4v) is 3.10. The van der Waals surface area contributed by atoms with Crippen LogP contribution in [0.1, 0.15) is 41.2 Å². The summed E-state index contributed by atoms with van der Waals surface area (Å²) in [4.78, 5) is 24.1. The number of methoxy groups -OCH3 is 1. The SMILES string of the molecule is CCOC(=O)c1ccc(-n2c(C)cc(/C=C(\C#N)C(=O)O[C@@H](C)COC)c2C)cc1. The molecule has 0 bridgehead atoms. The van der Waals surface area contributed by atoms with E-state index in [-0.39, 0.29) is 18.1 Å². The molecule has 0 fully saturated rings. The summed E-state index contributed by atoms with van der Waals surface area (Å²) in [7, 11) is 1.51. The molecule has 0 N–H and O–H groups in total. The van der Waals surface area contributed by atoms with E-state index < -0.39 is 12.1 Å². The number of esters is 2. The number of hydrogen-bond acceptors (Lipinski definition) is 6. The zero-order valence-electron chi connectivity index (χ0n) is 17.9. The topological polar surface area (TPSA) is 90.6 Å². The van der Waals surface area contributed by atoms with E-state index in [1.54, 1.807) is 26.0 Å². The first-order chi connectivity index (χ1) is 14.3. The number of nitriles is 1. The van der Waals surface area contributed by atoms with Crippen molar-refractivity contribution in [3.63, 3.8) is 0 Å². The van der Waals surface area contributed by atoms with Crippen molar-refractivity contribution >= 4 is 18.0 Å². The lowest BCUT2D eigenvalue weighted by Gasteiger charge is -2.11. The minimum absolute atomic E-state index is 0.0872. The number of aromatic nitrogens is 1. The molecule has 2 aromatic rings. The number of carbonyl (C=O) groups is 2. The van der Waals surface area contributed by atoms with Crippen LogP contribution in [0.15, 0.2) is 35.9 Å². The van der Waals surface area contributed by atoms with Gasteiger partial charge in [-0.05, 0) is 69.7 Å². The van der Waals surface area contributed by atoms with Gasteiger partial charge in [0.2, 0.25) is 0 Å². The van der Waals surface area contributed by atoms with Gasteiger partial charge in [0.25, 0.3) is 0 Å². The van der Waals surface area contributed by atoms with Gasteiger partial charge in [0.1, 0.15) is 17.7 Å². The van der Waals surface area contributed by atoms with Gasteiger partial charge in [0.15, 0.2) is 0 Å². The van der Waals surface area contributed by atoms with Crippen LogP contribution in [0.3, 0.4) is 0 Å². The number of hydrogen-bond donors (Lipinski definition) is 0. The minimum Gasteiger partial charge on any atom is -0.462 e. The van der Waals surface area contributed by atoms with E-state index in [1.165, 1.54) is 13.2 Å². The minimum atomic E-state index is -0.689. The van der Waals surface area contributed by atoms with Crippen molar-refractivity contribution in [2.75, 3.05) is 20.3 Å². The van der Waals surface area contributed by atoms with Crippen LogP contribution in [0.5, 0.6) is 0 Å². The number of rotatable bonds is 8. The summed E-state index contributed by atoms with van der Waals surface area (Å²) in [6, 6.07) is 10.9. The summed E-state index contributed by atoms with van der Waals surface area (Å²) in [6.07, 6.45) is 1.07. The molecule has 7 nitrogen and oxygen atoms in total. The Bertz CT molecular complexity index is 980. The van der Waals surface area contributed by atoms with Crippen LogP contribution < -0.4 is 0 Å². The summed E-state index contributed by atoms with van der Waals surface area (Å²) >= 11 is 0. The van der Waals surface area contributed by atoms with Gasteiger partial charge in [-0.1, -0.05) is 0 Å². The molecule has 0 aliphatic carbocycles. The van der Waals surface area contributed by atoms with Gasteiger partial charge in [-0.3, -0.25) is 0 Å². The molecule has 1 heterocycles. The van der Waals surface area contributed by atoms with Gasteiger partial charge >= 0.3 is 11.9 Å². The third-order valence-corrected chi connectivity index (χ3v) is 4.46. The Labute approximate surface area is 176 Å². The highest BCUT2D eigenvalue weighted by atomic mass is 16.6. The molecule has 0 amide bonds. The average Bonchev–Trinajstić information content (AvgIpc) is 2.99. The van der Waals surface area contributed by atoms with Crippen molar-refractivity contribution < 1.29 is 23.8 Å². The molecule has 1 aromatic heterocycles. The van der Waals surface area contributed by atoms with E-state index >= 15 is 0 Å². The Kier molecular flexibility index (Phi) is 7.96. The zero-order valence-corrected chi connectivity index (χ0v) is 17.9. The smallest absolute Gasteiger partial charge is 0.349 e. The van der Waals surface area contributed by atoms with Crippen molar-refractivity contribution in [3.05, 3.63) is 58.4 Å². The van der Waals surface area contributed by atoms with Crippen LogP contribution in [-0.2, 0) is 19.0 Å². The Hall–Kier alpha value is -3.37. The fourth-order valence-electron chi connectivity index (χ4n) is 3.10. The molecule has 0 spiro atoms. The van der Waals surface area contributed by atoms with Gasteiger partial charge in [-0.15, -0.1) is 0 Å². The maximum absolute atomic E-state index is 12.3. The normalized spacial score (nSPS) is 12.2. The van der Waals surface area contributed by atoms with E-state index in [2.05, 4.69) is 0 Å². The zero-order chi connectivity index (χ0) is 22.3. The molecule has 0 unspecified atom stereocenters. The summed E-state index contributed by atoms with van der Waals surface area (Å²) in [5.74, 6) is -1.06. The summed E-state index contributed by atoms with van der Waals surface area (Å²) in [5.41, 5.74) is 3.74. The van der Waals surface area contributed by atoms with Gasteiger partial charge < -0.3 is 18.8 Å². The number of ether oxygens (including phenoxy) is 3. The second-order valence-corrected chi connectivity index (χ2v) is 6.77. The van der Waals surface area contributed by atoms with E-state index in [9.17, 15) is 14.9 Å². The predicted molar refractivity (Wildman–Crippen MR) is 112 cm³/mol. The van der Waals surface area contributed by atoms with Gasteiger partial charge in [-0.25, -0.2) is 9.59 Å². The van der Waals surface area contributed by atoms with Gasteiger partial charge in [-0.2, -0.15) is 5.26 Å². The largest absolute Gasteiger partial charge is 0.462 e. The molecule has 158 valence electrons. The highest BCUT2D eigenvalue weighted by Gasteiger charge is 2.17. The van der Waals surface area contributed by atoms with Crippen LogP contribution in [0.4, 0.5) is 0 Å². The first kappa shape index (κ1) is 22.9. The summed E-state index contributed by atoms with van der Waals surface area (Å²) < 4.78 is 17.2.